The molecule has 0 aliphatic rings. The number of hydrogen-bond donors (Lipinski definition) is 2. The SMILES string of the molecule is COCC(=O)Nc1ccc(NC(C)CC(C)(C)OC)cc1. The molecule has 1 unspecified atom stereocenters. The first kappa shape index (κ1) is 17.5. The Kier molecular flexibility index (Phi) is 6.65. The largest absolute Gasteiger partial charge is 0.382 e. The van der Waals surface area contributed by atoms with E-state index in [9.17, 15) is 4.79 Å². The summed E-state index contributed by atoms with van der Waals surface area (Å²) in [7, 11) is 3.22. The molecule has 1 aromatic rings. The highest BCUT2D eigenvalue weighted by molar-refractivity contribution is 5.91. The quantitative estimate of drug-likeness (QED) is 0.774. The van der Waals surface area contributed by atoms with E-state index in [0.29, 0.717) is 0 Å². The van der Waals surface area contributed by atoms with Crippen LogP contribution < -0.4 is 10.6 Å². The summed E-state index contributed by atoms with van der Waals surface area (Å²) in [5.41, 5.74) is 1.62. The molecule has 5 heteroatoms. The van der Waals surface area contributed by atoms with Crippen LogP contribution in [0.25, 0.3) is 0 Å². The van der Waals surface area contributed by atoms with E-state index in [1.165, 1.54) is 7.11 Å². The summed E-state index contributed by atoms with van der Waals surface area (Å²) in [5, 5.41) is 6.18. The Bertz CT molecular complexity index is 443. The van der Waals surface area contributed by atoms with Crippen molar-refractivity contribution in [3.05, 3.63) is 24.3 Å². The summed E-state index contributed by atoms with van der Waals surface area (Å²) in [4.78, 5) is 11.4. The molecule has 0 aliphatic carbocycles. The highest BCUT2D eigenvalue weighted by Crippen LogP contribution is 2.20. The van der Waals surface area contributed by atoms with Gasteiger partial charge >= 0.3 is 0 Å². The standard InChI is InChI=1S/C16H26N2O3/c1-12(10-16(2,3)21-5)17-13-6-8-14(9-7-13)18-15(19)11-20-4/h6-9,12,17H,10-11H2,1-5H3,(H,18,19). The number of carbonyl (C=O) groups is 1. The Morgan fingerprint density at radius 1 is 1.19 bits per heavy atom. The minimum Gasteiger partial charge on any atom is -0.382 e. The van der Waals surface area contributed by atoms with Crippen molar-refractivity contribution < 1.29 is 14.3 Å². The predicted molar refractivity (Wildman–Crippen MR) is 85.7 cm³/mol. The first-order valence-corrected chi connectivity index (χ1v) is 7.07. The second-order valence-electron chi connectivity index (χ2n) is 5.77. The van der Waals surface area contributed by atoms with E-state index in [2.05, 4.69) is 31.4 Å². The maximum atomic E-state index is 11.4. The molecule has 0 heterocycles. The smallest absolute Gasteiger partial charge is 0.250 e. The molecule has 0 radical (unpaired) electrons. The molecule has 1 rings (SSSR count). The molecule has 2 N–H and O–H groups in total. The number of rotatable bonds is 8. The molecule has 0 spiro atoms. The van der Waals surface area contributed by atoms with Crippen LogP contribution in [-0.4, -0.2) is 38.4 Å². The van der Waals surface area contributed by atoms with Gasteiger partial charge in [0.25, 0.3) is 0 Å². The van der Waals surface area contributed by atoms with Gasteiger partial charge in [-0.1, -0.05) is 0 Å². The Balaban J connectivity index is 2.52. The van der Waals surface area contributed by atoms with Crippen molar-refractivity contribution >= 4 is 17.3 Å². The zero-order chi connectivity index (χ0) is 15.9. The van der Waals surface area contributed by atoms with Crippen LogP contribution in [0.4, 0.5) is 11.4 Å². The lowest BCUT2D eigenvalue weighted by atomic mass is 10.00. The van der Waals surface area contributed by atoms with Crippen molar-refractivity contribution in [1.29, 1.82) is 0 Å². The van der Waals surface area contributed by atoms with Gasteiger partial charge < -0.3 is 20.1 Å². The van der Waals surface area contributed by atoms with Gasteiger partial charge in [0, 0.05) is 31.6 Å². The van der Waals surface area contributed by atoms with E-state index in [0.717, 1.165) is 17.8 Å². The molecule has 1 atom stereocenters. The highest BCUT2D eigenvalue weighted by Gasteiger charge is 2.19. The van der Waals surface area contributed by atoms with Crippen molar-refractivity contribution in [2.45, 2.75) is 38.8 Å². The van der Waals surface area contributed by atoms with Crippen molar-refractivity contribution in [2.24, 2.45) is 0 Å². The lowest BCUT2D eigenvalue weighted by Gasteiger charge is -2.27. The van der Waals surface area contributed by atoms with Gasteiger partial charge in [0.05, 0.1) is 5.60 Å². The molecule has 21 heavy (non-hydrogen) atoms. The highest BCUT2D eigenvalue weighted by atomic mass is 16.5. The number of carbonyl (C=O) groups excluding carboxylic acids is 1. The summed E-state index contributed by atoms with van der Waals surface area (Å²) in [6.45, 7) is 6.32. The maximum Gasteiger partial charge on any atom is 0.250 e. The van der Waals surface area contributed by atoms with Crippen LogP contribution in [0.2, 0.25) is 0 Å². The van der Waals surface area contributed by atoms with Crippen LogP contribution in [0.1, 0.15) is 27.2 Å². The van der Waals surface area contributed by atoms with Gasteiger partial charge in [-0.25, -0.2) is 0 Å². The van der Waals surface area contributed by atoms with E-state index in [-0.39, 0.29) is 24.2 Å². The Labute approximate surface area is 127 Å². The second kappa shape index (κ2) is 8.00. The van der Waals surface area contributed by atoms with Gasteiger partial charge in [-0.2, -0.15) is 0 Å². The molecule has 0 saturated heterocycles. The van der Waals surface area contributed by atoms with Gasteiger partial charge in [0.15, 0.2) is 0 Å². The summed E-state index contributed by atoms with van der Waals surface area (Å²) in [6, 6.07) is 7.90. The molecule has 118 valence electrons. The lowest BCUT2D eigenvalue weighted by Crippen LogP contribution is -2.31. The third-order valence-corrected chi connectivity index (χ3v) is 3.21. The molecule has 0 saturated carbocycles. The minimum atomic E-state index is -0.159. The average Bonchev–Trinajstić information content (AvgIpc) is 2.40. The Hall–Kier alpha value is -1.59. The fourth-order valence-corrected chi connectivity index (χ4v) is 2.13. The molecule has 1 aromatic carbocycles. The van der Waals surface area contributed by atoms with Crippen LogP contribution in [0.5, 0.6) is 0 Å². The van der Waals surface area contributed by atoms with Crippen LogP contribution in [0.3, 0.4) is 0 Å². The van der Waals surface area contributed by atoms with E-state index in [4.69, 9.17) is 9.47 Å². The molecule has 1 amide bonds. The first-order chi connectivity index (χ1) is 9.86. The lowest BCUT2D eigenvalue weighted by molar-refractivity contribution is -0.119. The third kappa shape index (κ3) is 6.60. The minimum absolute atomic E-state index is 0.0587. The molecule has 0 aliphatic heterocycles. The molecule has 5 nitrogen and oxygen atoms in total. The number of anilines is 2. The average molecular weight is 294 g/mol. The Morgan fingerprint density at radius 2 is 1.76 bits per heavy atom. The number of hydrogen-bond acceptors (Lipinski definition) is 4. The van der Waals surface area contributed by atoms with Crippen LogP contribution in [-0.2, 0) is 14.3 Å². The fraction of sp³-hybridized carbons (Fsp3) is 0.562. The van der Waals surface area contributed by atoms with Crippen LogP contribution >= 0.6 is 0 Å². The summed E-state index contributed by atoms with van der Waals surface area (Å²) in [6.07, 6.45) is 0.899. The molecular weight excluding hydrogens is 268 g/mol. The van der Waals surface area contributed by atoms with Gasteiger partial charge in [0.1, 0.15) is 6.61 Å². The van der Waals surface area contributed by atoms with Crippen LogP contribution in [0.15, 0.2) is 24.3 Å². The maximum absolute atomic E-state index is 11.4. The zero-order valence-electron chi connectivity index (χ0n) is 13.5. The van der Waals surface area contributed by atoms with Gasteiger partial charge in [-0.05, 0) is 51.5 Å². The van der Waals surface area contributed by atoms with Crippen molar-refractivity contribution in [3.8, 4) is 0 Å². The van der Waals surface area contributed by atoms with E-state index < -0.39 is 0 Å². The number of ether oxygens (including phenoxy) is 2. The van der Waals surface area contributed by atoms with Gasteiger partial charge in [-0.15, -0.1) is 0 Å². The van der Waals surface area contributed by atoms with Crippen molar-refractivity contribution in [1.82, 2.24) is 0 Å². The number of methoxy groups -OCH3 is 2. The number of benzene rings is 1. The van der Waals surface area contributed by atoms with E-state index in [1.54, 1.807) is 7.11 Å². The zero-order valence-corrected chi connectivity index (χ0v) is 13.5. The van der Waals surface area contributed by atoms with Crippen molar-refractivity contribution in [2.75, 3.05) is 31.5 Å². The normalized spacial score (nSPS) is 12.8. The monoisotopic (exact) mass is 294 g/mol. The van der Waals surface area contributed by atoms with E-state index >= 15 is 0 Å². The van der Waals surface area contributed by atoms with Gasteiger partial charge in [0.2, 0.25) is 5.91 Å². The fourth-order valence-electron chi connectivity index (χ4n) is 2.13. The summed E-state index contributed by atoms with van der Waals surface area (Å²) in [5.74, 6) is -0.159. The van der Waals surface area contributed by atoms with Gasteiger partial charge in [-0.3, -0.25) is 4.79 Å². The Morgan fingerprint density at radius 3 is 2.29 bits per heavy atom. The third-order valence-electron chi connectivity index (χ3n) is 3.21. The number of nitrogens with one attached hydrogen (secondary N) is 2. The molecular formula is C16H26N2O3. The molecule has 0 aromatic heterocycles. The van der Waals surface area contributed by atoms with E-state index in [1.807, 2.05) is 24.3 Å². The molecule has 0 fully saturated rings. The summed E-state index contributed by atoms with van der Waals surface area (Å²) < 4.78 is 10.2. The second-order valence-corrected chi connectivity index (χ2v) is 5.77. The summed E-state index contributed by atoms with van der Waals surface area (Å²) >= 11 is 0. The predicted octanol–water partition coefficient (Wildman–Crippen LogP) is 2.89. The molecule has 0 bridgehead atoms. The van der Waals surface area contributed by atoms with Crippen molar-refractivity contribution in [3.63, 3.8) is 0 Å². The topological polar surface area (TPSA) is 59.6 Å². The van der Waals surface area contributed by atoms with Crippen LogP contribution in [0, 0.1) is 0 Å². The first-order valence-electron chi connectivity index (χ1n) is 7.07. The number of amides is 1.